The molecule has 1 aromatic rings. The van der Waals surface area contributed by atoms with Crippen LogP contribution in [-0.2, 0) is 6.42 Å². The fourth-order valence-corrected chi connectivity index (χ4v) is 3.23. The summed E-state index contributed by atoms with van der Waals surface area (Å²) in [7, 11) is 0. The van der Waals surface area contributed by atoms with Gasteiger partial charge in [-0.05, 0) is 20.3 Å². The van der Waals surface area contributed by atoms with E-state index in [1.807, 2.05) is 10.8 Å². The van der Waals surface area contributed by atoms with Crippen LogP contribution in [0.25, 0.3) is 5.70 Å². The van der Waals surface area contributed by atoms with Crippen molar-refractivity contribution >= 4 is 11.5 Å². The Labute approximate surface area is 132 Å². The van der Waals surface area contributed by atoms with E-state index in [0.29, 0.717) is 6.04 Å². The van der Waals surface area contributed by atoms with Gasteiger partial charge in [-0.15, -0.1) is 6.58 Å². The number of hydrogen-bond acceptors (Lipinski definition) is 3. The molecule has 4 nitrogen and oxygen atoms in total. The minimum atomic E-state index is 0.412. The van der Waals surface area contributed by atoms with Gasteiger partial charge in [0.15, 0.2) is 0 Å². The summed E-state index contributed by atoms with van der Waals surface area (Å²) in [5.41, 5.74) is 5.51. The van der Waals surface area contributed by atoms with Gasteiger partial charge in [0.05, 0.1) is 22.8 Å². The number of nitrogens with zero attached hydrogens (tertiary/aromatic N) is 4. The fourth-order valence-electron chi connectivity index (χ4n) is 3.23. The van der Waals surface area contributed by atoms with Crippen LogP contribution in [-0.4, -0.2) is 33.8 Å². The predicted molar refractivity (Wildman–Crippen MR) is 92.5 cm³/mol. The zero-order chi connectivity index (χ0) is 16.0. The van der Waals surface area contributed by atoms with Crippen LogP contribution in [0.15, 0.2) is 48.8 Å². The largest absolute Gasteiger partial charge is 0.363 e. The Hall–Kier alpha value is -2.23. The monoisotopic (exact) mass is 296 g/mol. The lowest BCUT2D eigenvalue weighted by atomic mass is 10.1. The summed E-state index contributed by atoms with van der Waals surface area (Å²) in [6.07, 6.45) is 2.84. The highest BCUT2D eigenvalue weighted by atomic mass is 15.4. The second kappa shape index (κ2) is 5.20. The van der Waals surface area contributed by atoms with Crippen molar-refractivity contribution in [3.05, 3.63) is 54.5 Å². The maximum atomic E-state index is 4.70. The molecule has 4 heteroatoms. The van der Waals surface area contributed by atoms with Crippen LogP contribution >= 0.6 is 0 Å². The molecule has 0 spiro atoms. The second-order valence-electron chi connectivity index (χ2n) is 6.10. The van der Waals surface area contributed by atoms with E-state index in [1.165, 1.54) is 11.3 Å². The van der Waals surface area contributed by atoms with Gasteiger partial charge in [0.1, 0.15) is 5.82 Å². The molecule has 0 bridgehead atoms. The molecule has 3 heterocycles. The summed E-state index contributed by atoms with van der Waals surface area (Å²) in [5, 5.41) is 4.70. The van der Waals surface area contributed by atoms with E-state index < -0.39 is 0 Å². The zero-order valence-corrected chi connectivity index (χ0v) is 13.8. The van der Waals surface area contributed by atoms with Crippen LogP contribution < -0.4 is 4.90 Å². The molecule has 1 aromatic heterocycles. The minimum absolute atomic E-state index is 0.412. The lowest BCUT2D eigenvalue weighted by molar-refractivity contribution is 0.331. The summed E-state index contributed by atoms with van der Waals surface area (Å²) in [5.74, 6) is 1.06. The SMILES string of the molecule is C=CCN1C2=C(CN(C(C)C)C2=C)C(=C)n2nc(CC)cc21. The zero-order valence-electron chi connectivity index (χ0n) is 13.8. The molecule has 116 valence electrons. The average Bonchev–Trinajstić information content (AvgIpc) is 3.06. The summed E-state index contributed by atoms with van der Waals surface area (Å²) < 4.78 is 1.97. The van der Waals surface area contributed by atoms with E-state index in [9.17, 15) is 0 Å². The molecule has 3 rings (SSSR count). The Kier molecular flexibility index (Phi) is 3.47. The summed E-state index contributed by atoms with van der Waals surface area (Å²) in [6, 6.07) is 2.55. The van der Waals surface area contributed by atoms with Crippen LogP contribution in [0.1, 0.15) is 26.5 Å². The maximum Gasteiger partial charge on any atom is 0.137 e. The Morgan fingerprint density at radius 3 is 2.64 bits per heavy atom. The first-order valence-electron chi connectivity index (χ1n) is 7.85. The molecule has 0 N–H and O–H groups in total. The normalized spacial score (nSPS) is 17.5. The molecular weight excluding hydrogens is 272 g/mol. The molecule has 0 saturated heterocycles. The second-order valence-corrected chi connectivity index (χ2v) is 6.10. The molecule has 2 aliphatic heterocycles. The van der Waals surface area contributed by atoms with E-state index in [1.54, 1.807) is 0 Å². The van der Waals surface area contributed by atoms with E-state index in [0.717, 1.165) is 42.4 Å². The maximum absolute atomic E-state index is 4.70. The first-order valence-corrected chi connectivity index (χ1v) is 7.85. The van der Waals surface area contributed by atoms with E-state index >= 15 is 0 Å². The lowest BCUT2D eigenvalue weighted by Gasteiger charge is -2.32. The molecule has 0 aliphatic carbocycles. The number of rotatable bonds is 4. The van der Waals surface area contributed by atoms with Gasteiger partial charge in [0.25, 0.3) is 0 Å². The Balaban J connectivity index is 2.12. The van der Waals surface area contributed by atoms with Crippen molar-refractivity contribution in [1.29, 1.82) is 0 Å². The van der Waals surface area contributed by atoms with Crippen molar-refractivity contribution in [3.63, 3.8) is 0 Å². The number of hydrogen-bond donors (Lipinski definition) is 0. The van der Waals surface area contributed by atoms with E-state index in [2.05, 4.69) is 56.4 Å². The predicted octanol–water partition coefficient (Wildman–Crippen LogP) is 3.41. The number of aromatic nitrogens is 2. The summed E-state index contributed by atoms with van der Waals surface area (Å²) in [6.45, 7) is 20.6. The van der Waals surface area contributed by atoms with Crippen LogP contribution in [0, 0.1) is 0 Å². The van der Waals surface area contributed by atoms with Crippen molar-refractivity contribution in [1.82, 2.24) is 14.7 Å². The van der Waals surface area contributed by atoms with Gasteiger partial charge in [-0.1, -0.05) is 26.2 Å². The van der Waals surface area contributed by atoms with Gasteiger partial charge in [0, 0.05) is 30.8 Å². The Morgan fingerprint density at radius 1 is 1.32 bits per heavy atom. The van der Waals surface area contributed by atoms with Crippen molar-refractivity contribution in [2.75, 3.05) is 18.0 Å². The first kappa shape index (κ1) is 14.7. The number of anilines is 1. The fraction of sp³-hybridized carbons (Fsp3) is 0.389. The Bertz CT molecular complexity index is 690. The van der Waals surface area contributed by atoms with Gasteiger partial charge >= 0.3 is 0 Å². The minimum Gasteiger partial charge on any atom is -0.363 e. The molecular formula is C18H24N4. The lowest BCUT2D eigenvalue weighted by Crippen LogP contribution is -2.31. The van der Waals surface area contributed by atoms with Crippen molar-refractivity contribution < 1.29 is 0 Å². The van der Waals surface area contributed by atoms with Crippen LogP contribution in [0.3, 0.4) is 0 Å². The van der Waals surface area contributed by atoms with Gasteiger partial charge in [-0.25, -0.2) is 4.68 Å². The van der Waals surface area contributed by atoms with Crippen LogP contribution in [0.4, 0.5) is 5.82 Å². The highest BCUT2D eigenvalue weighted by Gasteiger charge is 2.37. The van der Waals surface area contributed by atoms with Gasteiger partial charge < -0.3 is 9.80 Å². The third kappa shape index (κ3) is 1.94. The third-order valence-corrected chi connectivity index (χ3v) is 4.42. The van der Waals surface area contributed by atoms with Crippen LogP contribution in [0.2, 0.25) is 0 Å². The molecule has 0 atom stereocenters. The van der Waals surface area contributed by atoms with E-state index in [-0.39, 0.29) is 0 Å². The van der Waals surface area contributed by atoms with Gasteiger partial charge in [0.2, 0.25) is 0 Å². The highest BCUT2D eigenvalue weighted by Crippen LogP contribution is 2.43. The summed E-state index contributed by atoms with van der Waals surface area (Å²) >= 11 is 0. The Morgan fingerprint density at radius 2 is 2.05 bits per heavy atom. The summed E-state index contributed by atoms with van der Waals surface area (Å²) in [4.78, 5) is 4.58. The molecule has 0 radical (unpaired) electrons. The first-order chi connectivity index (χ1) is 10.5. The van der Waals surface area contributed by atoms with Crippen molar-refractivity contribution in [2.24, 2.45) is 0 Å². The van der Waals surface area contributed by atoms with Crippen molar-refractivity contribution in [3.8, 4) is 0 Å². The van der Waals surface area contributed by atoms with Gasteiger partial charge in [-0.3, -0.25) is 0 Å². The average molecular weight is 296 g/mol. The number of aryl methyl sites for hydroxylation is 1. The molecule has 0 amide bonds. The van der Waals surface area contributed by atoms with Crippen molar-refractivity contribution in [2.45, 2.75) is 33.2 Å². The van der Waals surface area contributed by atoms with E-state index in [4.69, 9.17) is 5.10 Å². The number of fused-ring (bicyclic) bond motifs is 1. The molecule has 0 aromatic carbocycles. The molecule has 0 unspecified atom stereocenters. The van der Waals surface area contributed by atoms with Crippen LogP contribution in [0.5, 0.6) is 0 Å². The molecule has 0 fully saturated rings. The third-order valence-electron chi connectivity index (χ3n) is 4.42. The topological polar surface area (TPSA) is 24.3 Å². The molecule has 22 heavy (non-hydrogen) atoms. The highest BCUT2D eigenvalue weighted by molar-refractivity contribution is 5.79. The van der Waals surface area contributed by atoms with Gasteiger partial charge in [-0.2, -0.15) is 5.10 Å². The smallest absolute Gasteiger partial charge is 0.137 e. The standard InChI is InChI=1S/C18H24N4/c1-7-9-20-17-10-15(8-2)19-22(17)13(5)16-11-21(12(3)4)14(6)18(16)20/h7,10,12H,1,5-6,8-9,11H2,2-4H3. The molecule has 2 aliphatic rings. The quantitative estimate of drug-likeness (QED) is 0.796. The molecule has 0 saturated carbocycles.